The molecule has 0 atom stereocenters. The van der Waals surface area contributed by atoms with E-state index in [-0.39, 0.29) is 11.4 Å². The minimum atomic E-state index is -6.00. The van der Waals surface area contributed by atoms with Crippen LogP contribution in [0.3, 0.4) is 0 Å². The Balaban J connectivity index is 0.000000555. The van der Waals surface area contributed by atoms with Gasteiger partial charge >= 0.3 is 19.1 Å². The van der Waals surface area contributed by atoms with E-state index < -0.39 is 19.0 Å². The molecule has 0 heterocycles. The lowest BCUT2D eigenvalue weighted by Crippen LogP contribution is -2.06. The lowest BCUT2D eigenvalue weighted by molar-refractivity contribution is -0.138. The Morgan fingerprint density at radius 2 is 1.63 bits per heavy atom. The van der Waals surface area contributed by atoms with Gasteiger partial charge in [-0.3, -0.25) is 0 Å². The number of ether oxygens (including phenoxy) is 1. The molecule has 1 aromatic rings. The van der Waals surface area contributed by atoms with Crippen molar-refractivity contribution >= 4 is 12.9 Å². The van der Waals surface area contributed by atoms with Gasteiger partial charge in [-0.25, -0.2) is 0 Å². The Kier molecular flexibility index (Phi) is 5.61. The summed E-state index contributed by atoms with van der Waals surface area (Å²) >= 11 is 0. The van der Waals surface area contributed by atoms with Gasteiger partial charge in [-0.2, -0.15) is 13.2 Å². The van der Waals surface area contributed by atoms with Crippen LogP contribution in [0.1, 0.15) is 5.56 Å². The second kappa shape index (κ2) is 6.26. The first-order chi connectivity index (χ1) is 8.49. The third-order valence-corrected chi connectivity index (χ3v) is 1.60. The fourth-order valence-corrected chi connectivity index (χ4v) is 0.980. The summed E-state index contributed by atoms with van der Waals surface area (Å²) in [5.74, 6) is -0.301. The molecule has 0 aliphatic rings. The molecule has 1 rings (SSSR count). The molecule has 0 unspecified atom stereocenters. The molecular formula is C8H6BF7N2O. The van der Waals surface area contributed by atoms with Crippen LogP contribution < -0.4 is 4.74 Å². The van der Waals surface area contributed by atoms with E-state index in [1.54, 1.807) is 0 Å². The van der Waals surface area contributed by atoms with Gasteiger partial charge in [0.2, 0.25) is 5.39 Å². The van der Waals surface area contributed by atoms with Crippen LogP contribution in [-0.4, -0.2) is 14.4 Å². The molecule has 0 aliphatic heterocycles. The molecule has 11 heteroatoms. The SMILES string of the molecule is COc1ccc([N+]#N)cc1C(F)(F)F.F[B-](F)(F)F. The summed E-state index contributed by atoms with van der Waals surface area (Å²) in [4.78, 5) is 2.66. The Morgan fingerprint density at radius 1 is 1.16 bits per heavy atom. The van der Waals surface area contributed by atoms with E-state index in [0.29, 0.717) is 6.07 Å². The second-order valence-electron chi connectivity index (χ2n) is 2.98. The van der Waals surface area contributed by atoms with Gasteiger partial charge in [-0.1, -0.05) is 0 Å². The maximum atomic E-state index is 12.3. The molecule has 0 fully saturated rings. The van der Waals surface area contributed by atoms with Crippen LogP contribution in [-0.2, 0) is 6.18 Å². The van der Waals surface area contributed by atoms with Crippen molar-refractivity contribution in [2.45, 2.75) is 6.18 Å². The molecule has 0 aliphatic carbocycles. The molecule has 0 saturated heterocycles. The van der Waals surface area contributed by atoms with E-state index in [1.807, 2.05) is 0 Å². The van der Waals surface area contributed by atoms with Crippen molar-refractivity contribution in [1.82, 2.24) is 0 Å². The number of hydrogen-bond donors (Lipinski definition) is 0. The summed E-state index contributed by atoms with van der Waals surface area (Å²) in [6.45, 7) is 0. The highest BCUT2D eigenvalue weighted by molar-refractivity contribution is 6.50. The molecule has 0 saturated carbocycles. The third-order valence-electron chi connectivity index (χ3n) is 1.60. The minimum Gasteiger partial charge on any atom is -0.496 e. The van der Waals surface area contributed by atoms with Gasteiger partial charge in [-0.05, 0) is 6.07 Å². The van der Waals surface area contributed by atoms with Crippen molar-refractivity contribution in [1.29, 1.82) is 5.39 Å². The third kappa shape index (κ3) is 7.12. The van der Waals surface area contributed by atoms with Crippen molar-refractivity contribution in [3.05, 3.63) is 28.7 Å². The molecule has 0 radical (unpaired) electrons. The molecule has 19 heavy (non-hydrogen) atoms. The topological polar surface area (TPSA) is 37.4 Å². The van der Waals surface area contributed by atoms with E-state index >= 15 is 0 Å². The quantitative estimate of drug-likeness (QED) is 0.434. The highest BCUT2D eigenvalue weighted by Crippen LogP contribution is 2.38. The lowest BCUT2D eigenvalue weighted by atomic mass is 10.1. The van der Waals surface area contributed by atoms with Crippen LogP contribution in [0.15, 0.2) is 18.2 Å². The standard InChI is InChI=1S/C8H6F3N2O.BF4/c1-14-7-3-2-5(13-12)4-6(7)8(9,10)11;2-1(3,4)5/h2-4H,1H3;/q+1;-1. The van der Waals surface area contributed by atoms with E-state index in [0.717, 1.165) is 13.2 Å². The van der Waals surface area contributed by atoms with Gasteiger partial charge in [0.15, 0.2) is 4.98 Å². The number of methoxy groups -OCH3 is 1. The second-order valence-corrected chi connectivity index (χ2v) is 2.98. The fraction of sp³-hybridized carbons (Fsp3) is 0.250. The summed E-state index contributed by atoms with van der Waals surface area (Å²) < 4.78 is 80.6. The van der Waals surface area contributed by atoms with Gasteiger partial charge in [0.25, 0.3) is 0 Å². The van der Waals surface area contributed by atoms with Crippen LogP contribution in [0, 0.1) is 5.39 Å². The van der Waals surface area contributed by atoms with Crippen molar-refractivity contribution in [2.24, 2.45) is 0 Å². The van der Waals surface area contributed by atoms with Crippen molar-refractivity contribution in [2.75, 3.05) is 7.11 Å². The monoisotopic (exact) mass is 290 g/mol. The fourth-order valence-electron chi connectivity index (χ4n) is 0.980. The number of diazo groups is 1. The molecule has 1 aromatic carbocycles. The minimum absolute atomic E-state index is 0.168. The number of halogens is 7. The van der Waals surface area contributed by atoms with Crippen LogP contribution in [0.4, 0.5) is 36.1 Å². The predicted octanol–water partition coefficient (Wildman–Crippen LogP) is 4.50. The Labute approximate surface area is 102 Å². The number of nitrogens with zero attached hydrogens (tertiary/aromatic N) is 2. The Bertz CT molecular complexity index is 460. The summed E-state index contributed by atoms with van der Waals surface area (Å²) in [5, 5.41) is 8.31. The van der Waals surface area contributed by atoms with E-state index in [2.05, 4.69) is 9.71 Å². The molecule has 0 amide bonds. The zero-order chi connectivity index (χ0) is 15.3. The first kappa shape index (κ1) is 17.0. The molecule has 106 valence electrons. The largest absolute Gasteiger partial charge is 0.673 e. The van der Waals surface area contributed by atoms with Gasteiger partial charge < -0.3 is 22.0 Å². The lowest BCUT2D eigenvalue weighted by Gasteiger charge is -2.09. The summed E-state index contributed by atoms with van der Waals surface area (Å²) in [6.07, 6.45) is -4.52. The zero-order valence-electron chi connectivity index (χ0n) is 9.26. The average Bonchev–Trinajstić information content (AvgIpc) is 2.24. The zero-order valence-corrected chi connectivity index (χ0v) is 9.26. The van der Waals surface area contributed by atoms with Gasteiger partial charge in [0, 0.05) is 12.1 Å². The predicted molar refractivity (Wildman–Crippen MR) is 52.9 cm³/mol. The maximum absolute atomic E-state index is 12.3. The van der Waals surface area contributed by atoms with Crippen molar-refractivity contribution in [3.8, 4) is 5.75 Å². The van der Waals surface area contributed by atoms with Gasteiger partial charge in [-0.15, -0.1) is 0 Å². The number of rotatable bonds is 1. The van der Waals surface area contributed by atoms with E-state index in [9.17, 15) is 30.4 Å². The molecule has 0 bridgehead atoms. The molecule has 3 nitrogen and oxygen atoms in total. The van der Waals surface area contributed by atoms with Crippen LogP contribution in [0.25, 0.3) is 4.98 Å². The number of alkyl halides is 3. The first-order valence-corrected chi connectivity index (χ1v) is 4.46. The van der Waals surface area contributed by atoms with Crippen LogP contribution in [0.5, 0.6) is 5.75 Å². The normalized spacial score (nSPS) is 11.1. The van der Waals surface area contributed by atoms with E-state index in [4.69, 9.17) is 5.39 Å². The first-order valence-electron chi connectivity index (χ1n) is 4.46. The summed E-state index contributed by atoms with van der Waals surface area (Å²) in [5.41, 5.74) is -1.13. The van der Waals surface area contributed by atoms with E-state index in [1.165, 1.54) is 6.07 Å². The number of benzene rings is 1. The molecular weight excluding hydrogens is 284 g/mol. The molecule has 0 spiro atoms. The number of hydrogen-bond acceptors (Lipinski definition) is 2. The average molecular weight is 290 g/mol. The molecule has 0 N–H and O–H groups in total. The summed E-state index contributed by atoms with van der Waals surface area (Å²) in [7, 11) is -4.86. The van der Waals surface area contributed by atoms with Crippen LogP contribution >= 0.6 is 0 Å². The molecule has 0 aromatic heterocycles. The smallest absolute Gasteiger partial charge is 0.496 e. The Morgan fingerprint density at radius 3 is 1.95 bits per heavy atom. The van der Waals surface area contributed by atoms with Crippen LogP contribution in [0.2, 0.25) is 0 Å². The van der Waals surface area contributed by atoms with Gasteiger partial charge in [0.05, 0.1) is 7.11 Å². The highest BCUT2D eigenvalue weighted by Gasteiger charge is 2.36. The maximum Gasteiger partial charge on any atom is 0.673 e. The Hall–Kier alpha value is -1.99. The van der Waals surface area contributed by atoms with Gasteiger partial charge in [0.1, 0.15) is 11.3 Å². The highest BCUT2D eigenvalue weighted by atomic mass is 19.5. The summed E-state index contributed by atoms with van der Waals surface area (Å²) in [6, 6.07) is 3.02. The van der Waals surface area contributed by atoms with Crippen molar-refractivity contribution < 1.29 is 35.2 Å². The van der Waals surface area contributed by atoms with Crippen molar-refractivity contribution in [3.63, 3.8) is 0 Å².